The topological polar surface area (TPSA) is 80.5 Å². The lowest BCUT2D eigenvalue weighted by molar-refractivity contribution is -0.116. The number of amides is 1. The first-order chi connectivity index (χ1) is 10.3. The Morgan fingerprint density at radius 3 is 2.27 bits per heavy atom. The van der Waals surface area contributed by atoms with E-state index in [1.165, 1.54) is 18.2 Å². The van der Waals surface area contributed by atoms with Crippen molar-refractivity contribution < 1.29 is 13.2 Å². The standard InChI is InChI=1S/C15H15ClN2O3S/c1-11-6-8-12(9-7-11)22(20,21)18(10-15(17)19)14-5-3-2-4-13(14)16/h2-9H,10H2,1H3,(H2,17,19). The number of nitrogens with two attached hydrogens (primary N) is 1. The maximum Gasteiger partial charge on any atom is 0.264 e. The van der Waals surface area contributed by atoms with E-state index >= 15 is 0 Å². The number of hydrogen-bond acceptors (Lipinski definition) is 3. The third kappa shape index (κ3) is 3.40. The van der Waals surface area contributed by atoms with Gasteiger partial charge in [-0.15, -0.1) is 0 Å². The lowest BCUT2D eigenvalue weighted by Crippen LogP contribution is -2.38. The molecule has 0 spiro atoms. The number of anilines is 1. The molecule has 22 heavy (non-hydrogen) atoms. The van der Waals surface area contributed by atoms with Gasteiger partial charge in [-0.2, -0.15) is 0 Å². The summed E-state index contributed by atoms with van der Waals surface area (Å²) in [7, 11) is -3.94. The Kier molecular flexibility index (Phi) is 4.73. The fourth-order valence-corrected chi connectivity index (χ4v) is 3.67. The minimum Gasteiger partial charge on any atom is -0.368 e. The number of nitrogens with zero attached hydrogens (tertiary/aromatic N) is 1. The van der Waals surface area contributed by atoms with E-state index in [4.69, 9.17) is 17.3 Å². The van der Waals surface area contributed by atoms with Crippen molar-refractivity contribution in [3.05, 3.63) is 59.1 Å². The van der Waals surface area contributed by atoms with Gasteiger partial charge in [0.2, 0.25) is 5.91 Å². The van der Waals surface area contributed by atoms with Gasteiger partial charge in [0.05, 0.1) is 15.6 Å². The zero-order valence-electron chi connectivity index (χ0n) is 11.9. The summed E-state index contributed by atoms with van der Waals surface area (Å²) in [6.45, 7) is 1.37. The SMILES string of the molecule is Cc1ccc(S(=O)(=O)N(CC(N)=O)c2ccccc2Cl)cc1. The van der Waals surface area contributed by atoms with Gasteiger partial charge < -0.3 is 5.73 Å². The van der Waals surface area contributed by atoms with E-state index in [1.807, 2.05) is 6.92 Å². The number of halogens is 1. The van der Waals surface area contributed by atoms with E-state index in [9.17, 15) is 13.2 Å². The predicted octanol–water partition coefficient (Wildman–Crippen LogP) is 2.33. The highest BCUT2D eigenvalue weighted by Gasteiger charge is 2.27. The van der Waals surface area contributed by atoms with Crippen molar-refractivity contribution in [3.8, 4) is 0 Å². The zero-order valence-corrected chi connectivity index (χ0v) is 13.4. The molecule has 2 aromatic carbocycles. The summed E-state index contributed by atoms with van der Waals surface area (Å²) >= 11 is 6.06. The molecule has 0 saturated carbocycles. The molecule has 0 bridgehead atoms. The van der Waals surface area contributed by atoms with Gasteiger partial charge in [0.25, 0.3) is 10.0 Å². The molecule has 0 heterocycles. The molecule has 0 radical (unpaired) electrons. The van der Waals surface area contributed by atoms with E-state index < -0.39 is 22.5 Å². The fourth-order valence-electron chi connectivity index (χ4n) is 1.93. The van der Waals surface area contributed by atoms with Crippen LogP contribution in [0.5, 0.6) is 0 Å². The number of primary amides is 1. The molecule has 0 aliphatic heterocycles. The first kappa shape index (κ1) is 16.3. The summed E-state index contributed by atoms with van der Waals surface area (Å²) in [5.41, 5.74) is 6.33. The Morgan fingerprint density at radius 2 is 1.73 bits per heavy atom. The summed E-state index contributed by atoms with van der Waals surface area (Å²) in [5, 5.41) is 0.222. The first-order valence-corrected chi connectivity index (χ1v) is 8.26. The number of aryl methyl sites for hydroxylation is 1. The number of benzene rings is 2. The van der Waals surface area contributed by atoms with Crippen LogP contribution in [0.3, 0.4) is 0 Å². The number of sulfonamides is 1. The van der Waals surface area contributed by atoms with Crippen LogP contribution in [0.2, 0.25) is 5.02 Å². The molecule has 0 unspecified atom stereocenters. The normalized spacial score (nSPS) is 11.2. The number of rotatable bonds is 5. The molecule has 0 aromatic heterocycles. The van der Waals surface area contributed by atoms with Crippen molar-refractivity contribution in [2.24, 2.45) is 5.73 Å². The molecule has 116 valence electrons. The maximum absolute atomic E-state index is 12.8. The van der Waals surface area contributed by atoms with Crippen LogP contribution >= 0.6 is 11.6 Å². The Hall–Kier alpha value is -2.05. The van der Waals surface area contributed by atoms with Crippen LogP contribution in [0, 0.1) is 6.92 Å². The summed E-state index contributed by atoms with van der Waals surface area (Å²) in [5.74, 6) is -0.768. The van der Waals surface area contributed by atoms with E-state index in [0.29, 0.717) is 0 Å². The van der Waals surface area contributed by atoms with Gasteiger partial charge in [0.1, 0.15) is 6.54 Å². The molecule has 2 aromatic rings. The van der Waals surface area contributed by atoms with Crippen molar-refractivity contribution >= 4 is 33.2 Å². The van der Waals surface area contributed by atoms with Crippen molar-refractivity contribution in [3.63, 3.8) is 0 Å². The Balaban J connectivity index is 2.56. The van der Waals surface area contributed by atoms with E-state index in [2.05, 4.69) is 0 Å². The van der Waals surface area contributed by atoms with Gasteiger partial charge in [-0.1, -0.05) is 41.4 Å². The second-order valence-corrected chi connectivity index (χ2v) is 7.01. The molecule has 0 atom stereocenters. The van der Waals surface area contributed by atoms with Gasteiger partial charge >= 0.3 is 0 Å². The van der Waals surface area contributed by atoms with Crippen LogP contribution in [-0.2, 0) is 14.8 Å². The summed E-state index contributed by atoms with van der Waals surface area (Å²) in [6.07, 6.45) is 0. The number of carbonyl (C=O) groups is 1. The molecule has 0 aliphatic carbocycles. The van der Waals surface area contributed by atoms with Crippen LogP contribution in [-0.4, -0.2) is 20.9 Å². The second kappa shape index (κ2) is 6.37. The summed E-state index contributed by atoms with van der Waals surface area (Å²) in [4.78, 5) is 11.4. The second-order valence-electron chi connectivity index (χ2n) is 4.74. The Morgan fingerprint density at radius 1 is 1.14 bits per heavy atom. The van der Waals surface area contributed by atoms with Crippen LogP contribution in [0.15, 0.2) is 53.4 Å². The first-order valence-electron chi connectivity index (χ1n) is 6.44. The molecule has 0 saturated heterocycles. The van der Waals surface area contributed by atoms with Crippen molar-refractivity contribution in [1.82, 2.24) is 0 Å². The monoisotopic (exact) mass is 338 g/mol. The molecule has 2 N–H and O–H groups in total. The van der Waals surface area contributed by atoms with Crippen LogP contribution < -0.4 is 10.0 Å². The Labute approximate surface area is 134 Å². The highest BCUT2D eigenvalue weighted by molar-refractivity contribution is 7.92. The molecule has 2 rings (SSSR count). The van der Waals surface area contributed by atoms with Gasteiger partial charge in [-0.3, -0.25) is 9.10 Å². The molecule has 1 amide bonds. The van der Waals surface area contributed by atoms with Crippen molar-refractivity contribution in [2.75, 3.05) is 10.8 Å². The number of hydrogen-bond donors (Lipinski definition) is 1. The predicted molar refractivity (Wildman–Crippen MR) is 86.4 cm³/mol. The average Bonchev–Trinajstić information content (AvgIpc) is 2.46. The van der Waals surface area contributed by atoms with Crippen LogP contribution in [0.4, 0.5) is 5.69 Å². The molecular formula is C15H15ClN2O3S. The van der Waals surface area contributed by atoms with E-state index in [1.54, 1.807) is 30.3 Å². The van der Waals surface area contributed by atoms with Crippen molar-refractivity contribution in [2.45, 2.75) is 11.8 Å². The summed E-state index contributed by atoms with van der Waals surface area (Å²) in [6, 6.07) is 12.7. The molecule has 0 fully saturated rings. The van der Waals surface area contributed by atoms with Crippen molar-refractivity contribution in [1.29, 1.82) is 0 Å². The fraction of sp³-hybridized carbons (Fsp3) is 0.133. The minimum atomic E-state index is -3.94. The molecular weight excluding hydrogens is 324 g/mol. The quantitative estimate of drug-likeness (QED) is 0.908. The molecule has 7 heteroatoms. The maximum atomic E-state index is 12.8. The zero-order chi connectivity index (χ0) is 16.3. The summed E-state index contributed by atoms with van der Waals surface area (Å²) < 4.78 is 26.5. The number of carbonyl (C=O) groups excluding carboxylic acids is 1. The van der Waals surface area contributed by atoms with Crippen LogP contribution in [0.1, 0.15) is 5.56 Å². The van der Waals surface area contributed by atoms with Gasteiger partial charge in [0.15, 0.2) is 0 Å². The van der Waals surface area contributed by atoms with Gasteiger partial charge in [-0.05, 0) is 31.2 Å². The van der Waals surface area contributed by atoms with E-state index in [-0.39, 0.29) is 15.6 Å². The van der Waals surface area contributed by atoms with Gasteiger partial charge in [0, 0.05) is 0 Å². The highest BCUT2D eigenvalue weighted by Crippen LogP contribution is 2.30. The van der Waals surface area contributed by atoms with Gasteiger partial charge in [-0.25, -0.2) is 8.42 Å². The largest absolute Gasteiger partial charge is 0.368 e. The molecule has 0 aliphatic rings. The average molecular weight is 339 g/mol. The lowest BCUT2D eigenvalue weighted by atomic mass is 10.2. The molecule has 5 nitrogen and oxygen atoms in total. The highest BCUT2D eigenvalue weighted by atomic mass is 35.5. The third-order valence-corrected chi connectivity index (χ3v) is 5.12. The third-order valence-electron chi connectivity index (χ3n) is 3.03. The number of para-hydroxylation sites is 1. The smallest absolute Gasteiger partial charge is 0.264 e. The Bertz CT molecular complexity index is 789. The van der Waals surface area contributed by atoms with E-state index in [0.717, 1.165) is 9.87 Å². The lowest BCUT2D eigenvalue weighted by Gasteiger charge is -2.24. The van der Waals surface area contributed by atoms with Crippen LogP contribution in [0.25, 0.3) is 0 Å². The minimum absolute atomic E-state index is 0.0688.